The highest BCUT2D eigenvalue weighted by molar-refractivity contribution is 5.74. The van der Waals surface area contributed by atoms with Gasteiger partial charge in [-0.2, -0.15) is 0 Å². The molecule has 2 aromatic carbocycles. The minimum atomic E-state index is 1.01. The summed E-state index contributed by atoms with van der Waals surface area (Å²) in [7, 11) is 0. The van der Waals surface area contributed by atoms with Crippen molar-refractivity contribution < 1.29 is 0 Å². The number of rotatable bonds is 5. The fraction of sp³-hybridized carbons (Fsp3) is 0.192. The Morgan fingerprint density at radius 3 is 2.14 bits per heavy atom. The maximum Gasteiger partial charge on any atom is 0.0709 e. The van der Waals surface area contributed by atoms with Crippen LogP contribution >= 0.6 is 0 Å². The van der Waals surface area contributed by atoms with E-state index in [4.69, 9.17) is 4.98 Å². The van der Waals surface area contributed by atoms with Gasteiger partial charge < -0.3 is 4.90 Å². The third-order valence-corrected chi connectivity index (χ3v) is 4.96. The fourth-order valence-electron chi connectivity index (χ4n) is 3.43. The van der Waals surface area contributed by atoms with Crippen molar-refractivity contribution in [3.05, 3.63) is 101 Å². The number of pyridine rings is 1. The van der Waals surface area contributed by atoms with Crippen molar-refractivity contribution >= 4 is 11.4 Å². The lowest BCUT2D eigenvalue weighted by Crippen LogP contribution is -2.17. The van der Waals surface area contributed by atoms with Crippen molar-refractivity contribution in [1.29, 1.82) is 0 Å². The Balaban J connectivity index is 2.13. The van der Waals surface area contributed by atoms with E-state index in [1.165, 1.54) is 22.4 Å². The maximum atomic E-state index is 4.96. The molecule has 0 saturated heterocycles. The van der Waals surface area contributed by atoms with Gasteiger partial charge in [0.25, 0.3) is 0 Å². The molecule has 142 valence electrons. The molecule has 1 aromatic heterocycles. The quantitative estimate of drug-likeness (QED) is 0.439. The highest BCUT2D eigenvalue weighted by Crippen LogP contribution is 2.35. The van der Waals surface area contributed by atoms with E-state index < -0.39 is 0 Å². The van der Waals surface area contributed by atoms with Gasteiger partial charge in [-0.1, -0.05) is 54.6 Å². The van der Waals surface area contributed by atoms with E-state index in [2.05, 4.69) is 105 Å². The van der Waals surface area contributed by atoms with Gasteiger partial charge in [0.05, 0.1) is 17.1 Å². The van der Waals surface area contributed by atoms with Gasteiger partial charge in [-0.3, -0.25) is 4.98 Å². The molecule has 2 heteroatoms. The molecule has 3 rings (SSSR count). The molecule has 0 N–H and O–H groups in total. The van der Waals surface area contributed by atoms with Crippen LogP contribution in [0, 0.1) is 20.8 Å². The first-order chi connectivity index (χ1) is 13.5. The molecule has 0 saturated carbocycles. The second-order valence-corrected chi connectivity index (χ2v) is 7.07. The standard InChI is InChI=1S/C26H28N2/c1-6-7-14-21(4)28(25-16-11-9-13-20(25)3)26-18-17-24(27-22(26)5)23-15-10-8-12-19(23)2/h6-18H,1-5H3/b7-6-,21-14+. The van der Waals surface area contributed by atoms with Crippen LogP contribution in [0.5, 0.6) is 0 Å². The van der Waals surface area contributed by atoms with Crippen molar-refractivity contribution in [2.75, 3.05) is 4.90 Å². The Labute approximate surface area is 168 Å². The molecular formula is C26H28N2. The third-order valence-electron chi connectivity index (χ3n) is 4.96. The fourth-order valence-corrected chi connectivity index (χ4v) is 3.43. The number of aryl methyl sites for hydroxylation is 3. The van der Waals surface area contributed by atoms with Crippen molar-refractivity contribution in [2.45, 2.75) is 34.6 Å². The Morgan fingerprint density at radius 2 is 1.50 bits per heavy atom. The second-order valence-electron chi connectivity index (χ2n) is 7.07. The third kappa shape index (κ3) is 4.07. The minimum absolute atomic E-state index is 1.01. The zero-order valence-electron chi connectivity index (χ0n) is 17.4. The molecule has 0 amide bonds. The summed E-state index contributed by atoms with van der Waals surface area (Å²) in [4.78, 5) is 7.25. The van der Waals surface area contributed by atoms with E-state index in [0.29, 0.717) is 0 Å². The average Bonchev–Trinajstić information content (AvgIpc) is 2.69. The molecule has 0 fully saturated rings. The molecule has 0 aliphatic carbocycles. The molecule has 0 aliphatic heterocycles. The number of para-hydroxylation sites is 1. The van der Waals surface area contributed by atoms with Crippen molar-refractivity contribution in [3.8, 4) is 11.3 Å². The average molecular weight is 369 g/mol. The Kier molecular flexibility index (Phi) is 6.10. The summed E-state index contributed by atoms with van der Waals surface area (Å²) in [5.41, 5.74) is 9.11. The van der Waals surface area contributed by atoms with E-state index in [0.717, 1.165) is 22.8 Å². The highest BCUT2D eigenvalue weighted by atomic mass is 15.2. The molecule has 2 nitrogen and oxygen atoms in total. The van der Waals surface area contributed by atoms with Crippen LogP contribution in [-0.2, 0) is 0 Å². The Hall–Kier alpha value is -3.13. The summed E-state index contributed by atoms with van der Waals surface area (Å²) >= 11 is 0. The summed E-state index contributed by atoms with van der Waals surface area (Å²) in [5, 5.41) is 0. The van der Waals surface area contributed by atoms with Gasteiger partial charge in [0.2, 0.25) is 0 Å². The lowest BCUT2D eigenvalue weighted by Gasteiger charge is -2.28. The van der Waals surface area contributed by atoms with Crippen LogP contribution in [0.2, 0.25) is 0 Å². The minimum Gasteiger partial charge on any atom is -0.312 e. The van der Waals surface area contributed by atoms with Gasteiger partial charge in [0.15, 0.2) is 0 Å². The van der Waals surface area contributed by atoms with E-state index in [1.54, 1.807) is 0 Å². The maximum absolute atomic E-state index is 4.96. The van der Waals surface area contributed by atoms with E-state index in [1.807, 2.05) is 13.0 Å². The molecule has 0 spiro atoms. The van der Waals surface area contributed by atoms with Crippen LogP contribution in [0.1, 0.15) is 30.7 Å². The summed E-state index contributed by atoms with van der Waals surface area (Å²) in [5.74, 6) is 0. The van der Waals surface area contributed by atoms with Crippen molar-refractivity contribution in [1.82, 2.24) is 4.98 Å². The molecular weight excluding hydrogens is 340 g/mol. The van der Waals surface area contributed by atoms with E-state index >= 15 is 0 Å². The zero-order valence-corrected chi connectivity index (χ0v) is 17.4. The smallest absolute Gasteiger partial charge is 0.0709 e. The Bertz CT molecular complexity index is 1030. The van der Waals surface area contributed by atoms with Crippen molar-refractivity contribution in [3.63, 3.8) is 0 Å². The van der Waals surface area contributed by atoms with Gasteiger partial charge in [0, 0.05) is 16.9 Å². The molecule has 3 aromatic rings. The van der Waals surface area contributed by atoms with Crippen LogP contribution < -0.4 is 4.90 Å². The number of benzene rings is 2. The number of hydrogen-bond acceptors (Lipinski definition) is 2. The Morgan fingerprint density at radius 1 is 0.821 bits per heavy atom. The van der Waals surface area contributed by atoms with Gasteiger partial charge in [0.1, 0.15) is 0 Å². The molecule has 0 aliphatic rings. The lowest BCUT2D eigenvalue weighted by molar-refractivity contribution is 1.09. The zero-order chi connectivity index (χ0) is 20.1. The van der Waals surface area contributed by atoms with Crippen molar-refractivity contribution in [2.24, 2.45) is 0 Å². The van der Waals surface area contributed by atoms with Gasteiger partial charge in [-0.15, -0.1) is 0 Å². The molecule has 0 atom stereocenters. The molecule has 1 heterocycles. The largest absolute Gasteiger partial charge is 0.312 e. The molecule has 0 bridgehead atoms. The SMILES string of the molecule is C/C=C\C=C(/C)N(c1ccccc1C)c1ccc(-c2ccccc2C)nc1C. The van der Waals surface area contributed by atoms with Crippen LogP contribution in [-0.4, -0.2) is 4.98 Å². The number of hydrogen-bond donors (Lipinski definition) is 0. The summed E-state index contributed by atoms with van der Waals surface area (Å²) < 4.78 is 0. The normalized spacial score (nSPS) is 11.8. The summed E-state index contributed by atoms with van der Waals surface area (Å²) in [6.45, 7) is 10.5. The molecule has 0 radical (unpaired) electrons. The predicted molar refractivity (Wildman–Crippen MR) is 121 cm³/mol. The first kappa shape index (κ1) is 19.6. The number of allylic oxidation sites excluding steroid dienone is 4. The predicted octanol–water partition coefficient (Wildman–Crippen LogP) is 7.29. The van der Waals surface area contributed by atoms with Crippen LogP contribution in [0.25, 0.3) is 11.3 Å². The van der Waals surface area contributed by atoms with Gasteiger partial charge in [-0.05, 0) is 70.0 Å². The summed E-state index contributed by atoms with van der Waals surface area (Å²) in [6.07, 6.45) is 6.26. The van der Waals surface area contributed by atoms with Gasteiger partial charge >= 0.3 is 0 Å². The van der Waals surface area contributed by atoms with Crippen LogP contribution in [0.3, 0.4) is 0 Å². The molecule has 0 unspecified atom stereocenters. The topological polar surface area (TPSA) is 16.1 Å². The van der Waals surface area contributed by atoms with E-state index in [9.17, 15) is 0 Å². The van der Waals surface area contributed by atoms with Crippen LogP contribution in [0.4, 0.5) is 11.4 Å². The molecule has 28 heavy (non-hydrogen) atoms. The lowest BCUT2D eigenvalue weighted by atomic mass is 10.0. The van der Waals surface area contributed by atoms with Gasteiger partial charge in [-0.25, -0.2) is 0 Å². The number of aromatic nitrogens is 1. The summed E-state index contributed by atoms with van der Waals surface area (Å²) in [6, 6.07) is 21.2. The number of anilines is 2. The second kappa shape index (κ2) is 8.71. The van der Waals surface area contributed by atoms with Crippen LogP contribution in [0.15, 0.2) is 84.6 Å². The highest BCUT2D eigenvalue weighted by Gasteiger charge is 2.17. The first-order valence-corrected chi connectivity index (χ1v) is 9.72. The first-order valence-electron chi connectivity index (χ1n) is 9.72. The number of nitrogens with zero attached hydrogens (tertiary/aromatic N) is 2. The van der Waals surface area contributed by atoms with E-state index in [-0.39, 0.29) is 0 Å². The monoisotopic (exact) mass is 368 g/mol.